The van der Waals surface area contributed by atoms with Crippen LogP contribution in [0.25, 0.3) is 0 Å². The van der Waals surface area contributed by atoms with Gasteiger partial charge in [-0.2, -0.15) is 18.3 Å². The molecule has 4 nitrogen and oxygen atoms in total. The number of anilines is 1. The lowest BCUT2D eigenvalue weighted by Gasteiger charge is -2.26. The Balaban J connectivity index is 1.92. The van der Waals surface area contributed by atoms with Crippen molar-refractivity contribution in [3.8, 4) is 0 Å². The predicted molar refractivity (Wildman–Crippen MR) is 97.6 cm³/mol. The Hall–Kier alpha value is -2.31. The maximum atomic E-state index is 13.2. The summed E-state index contributed by atoms with van der Waals surface area (Å²) in [5.74, 6) is -0.276. The van der Waals surface area contributed by atoms with Crippen molar-refractivity contribution in [2.45, 2.75) is 64.1 Å². The van der Waals surface area contributed by atoms with E-state index < -0.39 is 17.3 Å². The van der Waals surface area contributed by atoms with Crippen LogP contribution >= 0.6 is 0 Å². The predicted octanol–water partition coefficient (Wildman–Crippen LogP) is 5.24. The van der Waals surface area contributed by atoms with Crippen LogP contribution in [0.1, 0.15) is 62.1 Å². The zero-order valence-electron chi connectivity index (χ0n) is 15.7. The molecule has 0 saturated heterocycles. The Labute approximate surface area is 156 Å². The summed E-state index contributed by atoms with van der Waals surface area (Å²) in [6.07, 6.45) is 2.69. The fraction of sp³-hybridized carbons (Fsp3) is 0.500. The first-order chi connectivity index (χ1) is 12.6. The first-order valence-electron chi connectivity index (χ1n) is 9.13. The van der Waals surface area contributed by atoms with Crippen LogP contribution in [-0.2, 0) is 16.5 Å². The molecule has 0 aliphatic heterocycles. The topological polar surface area (TPSA) is 46.9 Å². The van der Waals surface area contributed by atoms with E-state index in [0.717, 1.165) is 37.3 Å². The van der Waals surface area contributed by atoms with Gasteiger partial charge in [0, 0.05) is 11.9 Å². The third kappa shape index (κ3) is 4.01. The van der Waals surface area contributed by atoms with E-state index in [4.69, 9.17) is 0 Å². The molecule has 1 amide bonds. The molecule has 0 unspecified atom stereocenters. The lowest BCUT2D eigenvalue weighted by molar-refractivity contribution is -0.137. The van der Waals surface area contributed by atoms with Gasteiger partial charge in [-0.15, -0.1) is 0 Å². The summed E-state index contributed by atoms with van der Waals surface area (Å²) in [6, 6.07) is 3.59. The van der Waals surface area contributed by atoms with Crippen molar-refractivity contribution in [2.24, 2.45) is 0 Å². The lowest BCUT2D eigenvalue weighted by atomic mass is 9.93. The molecular weight excluding hydrogens is 355 g/mol. The number of halogens is 3. The Bertz CT molecular complexity index is 833. The van der Waals surface area contributed by atoms with Crippen molar-refractivity contribution >= 4 is 11.6 Å². The highest BCUT2D eigenvalue weighted by atomic mass is 19.4. The highest BCUT2D eigenvalue weighted by Gasteiger charge is 2.34. The standard InChI is InChI=1S/C20H24F3N3O/c1-13-11-24-26(12-13)19(2,3)18(27)25-17-9-8-15(20(21,22)23)10-16(17)14-6-4-5-7-14/h8-12,14H,4-7H2,1-3H3,(H,25,27). The van der Waals surface area contributed by atoms with Gasteiger partial charge in [-0.05, 0) is 68.9 Å². The first kappa shape index (κ1) is 19.5. The molecule has 1 aromatic heterocycles. The van der Waals surface area contributed by atoms with E-state index in [-0.39, 0.29) is 11.8 Å². The molecular formula is C20H24F3N3O. The van der Waals surface area contributed by atoms with Crippen LogP contribution in [0.3, 0.4) is 0 Å². The van der Waals surface area contributed by atoms with E-state index in [1.165, 1.54) is 12.1 Å². The van der Waals surface area contributed by atoms with E-state index in [1.54, 1.807) is 30.9 Å². The quantitative estimate of drug-likeness (QED) is 0.789. The molecule has 0 atom stereocenters. The van der Waals surface area contributed by atoms with E-state index in [9.17, 15) is 18.0 Å². The van der Waals surface area contributed by atoms with Crippen molar-refractivity contribution in [2.75, 3.05) is 5.32 Å². The summed E-state index contributed by atoms with van der Waals surface area (Å²) < 4.78 is 41.1. The third-order valence-corrected chi connectivity index (χ3v) is 5.26. The van der Waals surface area contributed by atoms with Crippen molar-refractivity contribution in [3.05, 3.63) is 47.3 Å². The lowest BCUT2D eigenvalue weighted by Crippen LogP contribution is -2.40. The second-order valence-corrected chi connectivity index (χ2v) is 7.76. The van der Waals surface area contributed by atoms with Crippen LogP contribution in [0.15, 0.2) is 30.6 Å². The number of hydrogen-bond donors (Lipinski definition) is 1. The maximum Gasteiger partial charge on any atom is 0.416 e. The molecule has 0 bridgehead atoms. The largest absolute Gasteiger partial charge is 0.416 e. The van der Waals surface area contributed by atoms with Gasteiger partial charge >= 0.3 is 6.18 Å². The third-order valence-electron chi connectivity index (χ3n) is 5.26. The number of nitrogens with zero attached hydrogens (tertiary/aromatic N) is 2. The van der Waals surface area contributed by atoms with Gasteiger partial charge in [0.25, 0.3) is 5.91 Å². The molecule has 0 radical (unpaired) electrons. The minimum atomic E-state index is -4.40. The number of rotatable bonds is 4. The highest BCUT2D eigenvalue weighted by Crippen LogP contribution is 2.41. The molecule has 0 spiro atoms. The molecule has 1 N–H and O–H groups in total. The number of nitrogens with one attached hydrogen (secondary N) is 1. The molecule has 1 heterocycles. The van der Waals surface area contributed by atoms with Gasteiger partial charge in [-0.3, -0.25) is 9.48 Å². The van der Waals surface area contributed by atoms with Gasteiger partial charge in [0.05, 0.1) is 11.8 Å². The molecule has 1 aliphatic rings. The molecule has 146 valence electrons. The zero-order valence-corrected chi connectivity index (χ0v) is 15.7. The van der Waals surface area contributed by atoms with Gasteiger partial charge in [-0.25, -0.2) is 0 Å². The molecule has 7 heteroatoms. The van der Waals surface area contributed by atoms with Crippen molar-refractivity contribution in [1.29, 1.82) is 0 Å². The summed E-state index contributed by atoms with van der Waals surface area (Å²) in [7, 11) is 0. The van der Waals surface area contributed by atoms with Gasteiger partial charge in [0.2, 0.25) is 0 Å². The number of aromatic nitrogens is 2. The fourth-order valence-corrected chi connectivity index (χ4v) is 3.53. The van der Waals surface area contributed by atoms with Crippen LogP contribution in [-0.4, -0.2) is 15.7 Å². The summed E-state index contributed by atoms with van der Waals surface area (Å²) in [5.41, 5.74) is 0.311. The number of hydrogen-bond acceptors (Lipinski definition) is 2. The Morgan fingerprint density at radius 2 is 1.89 bits per heavy atom. The number of carbonyl (C=O) groups is 1. The van der Waals surface area contributed by atoms with Crippen LogP contribution in [0, 0.1) is 6.92 Å². The van der Waals surface area contributed by atoms with Crippen molar-refractivity contribution < 1.29 is 18.0 Å². The zero-order chi connectivity index (χ0) is 19.8. The summed E-state index contributed by atoms with van der Waals surface area (Å²) in [5, 5.41) is 7.05. The monoisotopic (exact) mass is 379 g/mol. The average Bonchev–Trinajstić information content (AvgIpc) is 3.25. The fourth-order valence-electron chi connectivity index (χ4n) is 3.53. The molecule has 2 aromatic rings. The van der Waals surface area contributed by atoms with Crippen molar-refractivity contribution in [1.82, 2.24) is 9.78 Å². The van der Waals surface area contributed by atoms with Crippen molar-refractivity contribution in [3.63, 3.8) is 0 Å². The van der Waals surface area contributed by atoms with E-state index in [0.29, 0.717) is 11.3 Å². The van der Waals surface area contributed by atoms with E-state index >= 15 is 0 Å². The smallest absolute Gasteiger partial charge is 0.324 e. The van der Waals surface area contributed by atoms with Gasteiger partial charge < -0.3 is 5.32 Å². The molecule has 1 fully saturated rings. The van der Waals surface area contributed by atoms with Gasteiger partial charge in [-0.1, -0.05) is 12.8 Å². The minimum absolute atomic E-state index is 0.0395. The number of benzene rings is 1. The molecule has 1 aliphatic carbocycles. The minimum Gasteiger partial charge on any atom is -0.324 e. The second kappa shape index (κ2) is 7.02. The number of carbonyl (C=O) groups excluding carboxylic acids is 1. The average molecular weight is 379 g/mol. The summed E-state index contributed by atoms with van der Waals surface area (Å²) in [4.78, 5) is 12.9. The van der Waals surface area contributed by atoms with Crippen LogP contribution < -0.4 is 5.32 Å². The molecule has 3 rings (SSSR count). The molecule has 1 aromatic carbocycles. The van der Waals surface area contributed by atoms with Crippen LogP contribution in [0.5, 0.6) is 0 Å². The first-order valence-corrected chi connectivity index (χ1v) is 9.13. The number of amides is 1. The molecule has 1 saturated carbocycles. The second-order valence-electron chi connectivity index (χ2n) is 7.76. The number of alkyl halides is 3. The Morgan fingerprint density at radius 1 is 1.22 bits per heavy atom. The highest BCUT2D eigenvalue weighted by molar-refractivity contribution is 5.96. The van der Waals surface area contributed by atoms with Gasteiger partial charge in [0.1, 0.15) is 5.54 Å². The van der Waals surface area contributed by atoms with E-state index in [1.807, 2.05) is 6.92 Å². The summed E-state index contributed by atoms with van der Waals surface area (Å²) >= 11 is 0. The Morgan fingerprint density at radius 3 is 2.44 bits per heavy atom. The Kier molecular flexibility index (Phi) is 5.06. The van der Waals surface area contributed by atoms with Crippen LogP contribution in [0.4, 0.5) is 18.9 Å². The van der Waals surface area contributed by atoms with Gasteiger partial charge in [0.15, 0.2) is 0 Å². The normalized spacial score (nSPS) is 15.9. The SMILES string of the molecule is Cc1cnn(C(C)(C)C(=O)Nc2ccc(C(F)(F)F)cc2C2CCCC2)c1. The van der Waals surface area contributed by atoms with E-state index in [2.05, 4.69) is 10.4 Å². The maximum absolute atomic E-state index is 13.2. The number of aryl methyl sites for hydroxylation is 1. The summed E-state index contributed by atoms with van der Waals surface area (Å²) in [6.45, 7) is 5.34. The van der Waals surface area contributed by atoms with Crippen LogP contribution in [0.2, 0.25) is 0 Å². The molecule has 27 heavy (non-hydrogen) atoms.